The summed E-state index contributed by atoms with van der Waals surface area (Å²) in [5, 5.41) is 2.80. The Labute approximate surface area is 124 Å². The van der Waals surface area contributed by atoms with Crippen LogP contribution in [-0.2, 0) is 12.7 Å². The van der Waals surface area contributed by atoms with Crippen LogP contribution in [0.3, 0.4) is 0 Å². The third kappa shape index (κ3) is 4.37. The fourth-order valence-corrected chi connectivity index (χ4v) is 2.88. The van der Waals surface area contributed by atoms with E-state index in [2.05, 4.69) is 10.2 Å². The predicted octanol–water partition coefficient (Wildman–Crippen LogP) is 4.20. The van der Waals surface area contributed by atoms with E-state index >= 15 is 0 Å². The Hall–Kier alpha value is -1.23. The van der Waals surface area contributed by atoms with Crippen molar-refractivity contribution >= 4 is 5.69 Å². The Morgan fingerprint density at radius 1 is 1.05 bits per heavy atom. The van der Waals surface area contributed by atoms with E-state index in [1.165, 1.54) is 25.3 Å². The second kappa shape index (κ2) is 7.16. The second-order valence-electron chi connectivity index (χ2n) is 5.62. The van der Waals surface area contributed by atoms with Crippen molar-refractivity contribution in [3.63, 3.8) is 0 Å². The van der Waals surface area contributed by atoms with Crippen molar-refractivity contribution < 1.29 is 13.2 Å². The van der Waals surface area contributed by atoms with E-state index in [0.717, 1.165) is 25.9 Å². The summed E-state index contributed by atoms with van der Waals surface area (Å²) in [4.78, 5) is 2.09. The molecule has 21 heavy (non-hydrogen) atoms. The maximum absolute atomic E-state index is 13.2. The molecule has 0 bridgehead atoms. The molecule has 1 aromatic rings. The minimum absolute atomic E-state index is 0.231. The van der Waals surface area contributed by atoms with E-state index in [1.54, 1.807) is 13.1 Å². The standard InChI is InChI=1S/C16H23F3N2/c1-20-12-13-7-8-14(11-15(13)16(17,18)19)21-9-5-3-2-4-6-10-21/h7-8,11,20H,2-6,9-10,12H2,1H3. The van der Waals surface area contributed by atoms with Crippen LogP contribution in [0.5, 0.6) is 0 Å². The van der Waals surface area contributed by atoms with Crippen LogP contribution in [0, 0.1) is 0 Å². The highest BCUT2D eigenvalue weighted by molar-refractivity contribution is 5.52. The molecule has 0 aromatic heterocycles. The number of hydrogen-bond donors (Lipinski definition) is 1. The van der Waals surface area contributed by atoms with Crippen LogP contribution in [0.25, 0.3) is 0 Å². The highest BCUT2D eigenvalue weighted by Gasteiger charge is 2.33. The first kappa shape index (κ1) is 16.1. The Balaban J connectivity index is 2.27. The zero-order valence-corrected chi connectivity index (χ0v) is 12.5. The van der Waals surface area contributed by atoms with Gasteiger partial charge >= 0.3 is 6.18 Å². The van der Waals surface area contributed by atoms with Gasteiger partial charge < -0.3 is 10.2 Å². The molecule has 1 aromatic carbocycles. The Kier molecular flexibility index (Phi) is 5.51. The number of halogens is 3. The number of nitrogens with one attached hydrogen (secondary N) is 1. The first-order valence-electron chi connectivity index (χ1n) is 7.62. The fraction of sp³-hybridized carbons (Fsp3) is 0.625. The fourth-order valence-electron chi connectivity index (χ4n) is 2.88. The van der Waals surface area contributed by atoms with E-state index in [-0.39, 0.29) is 6.54 Å². The van der Waals surface area contributed by atoms with E-state index in [9.17, 15) is 13.2 Å². The van der Waals surface area contributed by atoms with Gasteiger partial charge in [0.05, 0.1) is 5.56 Å². The largest absolute Gasteiger partial charge is 0.416 e. The number of alkyl halides is 3. The van der Waals surface area contributed by atoms with Crippen molar-refractivity contribution in [1.29, 1.82) is 0 Å². The summed E-state index contributed by atoms with van der Waals surface area (Å²) < 4.78 is 39.7. The van der Waals surface area contributed by atoms with Crippen molar-refractivity contribution in [2.24, 2.45) is 0 Å². The van der Waals surface area contributed by atoms with Crippen LogP contribution >= 0.6 is 0 Å². The van der Waals surface area contributed by atoms with Crippen molar-refractivity contribution in [3.8, 4) is 0 Å². The normalized spacial score (nSPS) is 17.4. The van der Waals surface area contributed by atoms with Gasteiger partial charge in [0.1, 0.15) is 0 Å². The second-order valence-corrected chi connectivity index (χ2v) is 5.62. The average molecular weight is 300 g/mol. The first-order chi connectivity index (χ1) is 10.0. The molecular weight excluding hydrogens is 277 g/mol. The molecule has 1 heterocycles. The van der Waals surface area contributed by atoms with Crippen LogP contribution in [0.2, 0.25) is 0 Å². The van der Waals surface area contributed by atoms with Gasteiger partial charge in [0.25, 0.3) is 0 Å². The van der Waals surface area contributed by atoms with Gasteiger partial charge in [0, 0.05) is 25.3 Å². The van der Waals surface area contributed by atoms with Gasteiger partial charge in [-0.2, -0.15) is 13.2 Å². The van der Waals surface area contributed by atoms with Gasteiger partial charge in [-0.05, 0) is 37.6 Å². The number of benzene rings is 1. The molecule has 0 amide bonds. The topological polar surface area (TPSA) is 15.3 Å². The van der Waals surface area contributed by atoms with E-state index in [0.29, 0.717) is 11.3 Å². The van der Waals surface area contributed by atoms with Gasteiger partial charge in [-0.3, -0.25) is 0 Å². The molecule has 1 saturated heterocycles. The lowest BCUT2D eigenvalue weighted by atomic mass is 10.0. The highest BCUT2D eigenvalue weighted by Crippen LogP contribution is 2.35. The van der Waals surface area contributed by atoms with Crippen LogP contribution in [0.15, 0.2) is 18.2 Å². The monoisotopic (exact) mass is 300 g/mol. The summed E-state index contributed by atoms with van der Waals surface area (Å²) in [6.45, 7) is 1.93. The molecule has 2 nitrogen and oxygen atoms in total. The third-order valence-electron chi connectivity index (χ3n) is 3.99. The Morgan fingerprint density at radius 3 is 2.24 bits per heavy atom. The summed E-state index contributed by atoms with van der Waals surface area (Å²) >= 11 is 0. The van der Waals surface area contributed by atoms with E-state index < -0.39 is 11.7 Å². The lowest BCUT2D eigenvalue weighted by Crippen LogP contribution is -2.27. The zero-order valence-electron chi connectivity index (χ0n) is 12.5. The lowest BCUT2D eigenvalue weighted by molar-refractivity contribution is -0.138. The van der Waals surface area contributed by atoms with Gasteiger partial charge in [-0.1, -0.05) is 25.3 Å². The lowest BCUT2D eigenvalue weighted by Gasteiger charge is -2.28. The molecular formula is C16H23F3N2. The Bertz CT molecular complexity index is 449. The molecule has 0 spiro atoms. The van der Waals surface area contributed by atoms with Crippen LogP contribution in [0.1, 0.15) is 43.2 Å². The highest BCUT2D eigenvalue weighted by atomic mass is 19.4. The van der Waals surface area contributed by atoms with Crippen molar-refractivity contribution in [3.05, 3.63) is 29.3 Å². The Morgan fingerprint density at radius 2 is 1.67 bits per heavy atom. The van der Waals surface area contributed by atoms with Gasteiger partial charge in [-0.25, -0.2) is 0 Å². The van der Waals surface area contributed by atoms with E-state index in [1.807, 2.05) is 6.07 Å². The van der Waals surface area contributed by atoms with Crippen molar-refractivity contribution in [2.45, 2.75) is 44.8 Å². The summed E-state index contributed by atoms with van der Waals surface area (Å²) in [6.07, 6.45) is 1.38. The quantitative estimate of drug-likeness (QED) is 0.900. The molecule has 0 atom stereocenters. The summed E-state index contributed by atoms with van der Waals surface area (Å²) in [5.74, 6) is 0. The third-order valence-corrected chi connectivity index (χ3v) is 3.99. The SMILES string of the molecule is CNCc1ccc(N2CCCCCCC2)cc1C(F)(F)F. The minimum atomic E-state index is -4.30. The first-order valence-corrected chi connectivity index (χ1v) is 7.62. The van der Waals surface area contributed by atoms with E-state index in [4.69, 9.17) is 0 Å². The molecule has 1 N–H and O–H groups in total. The van der Waals surface area contributed by atoms with Crippen LogP contribution < -0.4 is 10.2 Å². The number of hydrogen-bond acceptors (Lipinski definition) is 2. The molecule has 0 unspecified atom stereocenters. The molecule has 0 saturated carbocycles. The molecule has 0 aliphatic carbocycles. The van der Waals surface area contributed by atoms with Crippen LogP contribution in [0.4, 0.5) is 18.9 Å². The predicted molar refractivity (Wildman–Crippen MR) is 79.5 cm³/mol. The molecule has 1 fully saturated rings. The van der Waals surface area contributed by atoms with Crippen LogP contribution in [-0.4, -0.2) is 20.1 Å². The molecule has 5 heteroatoms. The number of anilines is 1. The zero-order chi connectivity index (χ0) is 15.3. The van der Waals surface area contributed by atoms with Gasteiger partial charge in [0.2, 0.25) is 0 Å². The smallest absolute Gasteiger partial charge is 0.372 e. The summed E-state index contributed by atoms with van der Waals surface area (Å²) in [7, 11) is 1.66. The minimum Gasteiger partial charge on any atom is -0.372 e. The van der Waals surface area contributed by atoms with Crippen molar-refractivity contribution in [2.75, 3.05) is 25.0 Å². The van der Waals surface area contributed by atoms with Gasteiger partial charge in [-0.15, -0.1) is 0 Å². The molecule has 1 aliphatic rings. The number of nitrogens with zero attached hydrogens (tertiary/aromatic N) is 1. The summed E-state index contributed by atoms with van der Waals surface area (Å²) in [6, 6.07) is 4.74. The average Bonchev–Trinajstić information content (AvgIpc) is 2.38. The van der Waals surface area contributed by atoms with Crippen molar-refractivity contribution in [1.82, 2.24) is 5.32 Å². The molecule has 1 aliphatic heterocycles. The number of rotatable bonds is 3. The molecule has 2 rings (SSSR count). The molecule has 118 valence electrons. The summed E-state index contributed by atoms with van der Waals surface area (Å²) in [5.41, 5.74) is 0.487. The maximum Gasteiger partial charge on any atom is 0.416 e. The molecule has 0 radical (unpaired) electrons. The van der Waals surface area contributed by atoms with Gasteiger partial charge in [0.15, 0.2) is 0 Å². The maximum atomic E-state index is 13.2.